The van der Waals surface area contributed by atoms with E-state index < -0.39 is 11.9 Å². The van der Waals surface area contributed by atoms with Crippen LogP contribution in [0.5, 0.6) is 0 Å². The van der Waals surface area contributed by atoms with Gasteiger partial charge in [0.2, 0.25) is 5.91 Å². The van der Waals surface area contributed by atoms with Crippen molar-refractivity contribution in [3.05, 3.63) is 0 Å². The van der Waals surface area contributed by atoms with Crippen molar-refractivity contribution in [2.45, 2.75) is 44.8 Å². The van der Waals surface area contributed by atoms with Gasteiger partial charge in [-0.1, -0.05) is 0 Å². The van der Waals surface area contributed by atoms with Crippen LogP contribution in [0.4, 0.5) is 0 Å². The molecule has 2 fully saturated rings. The van der Waals surface area contributed by atoms with Gasteiger partial charge in [-0.25, -0.2) is 0 Å². The molecule has 0 aromatic rings. The lowest BCUT2D eigenvalue weighted by molar-refractivity contribution is -0.150. The van der Waals surface area contributed by atoms with Gasteiger partial charge in [-0.2, -0.15) is 0 Å². The molecule has 1 amide bonds. The average Bonchev–Trinajstić information content (AvgIpc) is 2.81. The number of carboxylic acid groups (broad SMARTS) is 1. The summed E-state index contributed by atoms with van der Waals surface area (Å²) in [7, 11) is 0. The van der Waals surface area contributed by atoms with Crippen molar-refractivity contribution in [3.8, 4) is 0 Å². The number of piperidine rings is 1. The number of aliphatic carboxylic acids is 1. The first kappa shape index (κ1) is 12.4. The standard InChI is InChI=1S/C12H19NO4/c1-8(10-3-2-6-17-10)13-7-9(12(15)16)4-5-11(13)14/h8-10H,2-7H2,1H3,(H,15,16). The summed E-state index contributed by atoms with van der Waals surface area (Å²) in [4.78, 5) is 24.5. The molecule has 96 valence electrons. The molecule has 2 rings (SSSR count). The molecule has 5 heteroatoms. The van der Waals surface area contributed by atoms with Crippen molar-refractivity contribution in [3.63, 3.8) is 0 Å². The van der Waals surface area contributed by atoms with Crippen LogP contribution in [0.3, 0.4) is 0 Å². The molecule has 2 heterocycles. The number of rotatable bonds is 3. The van der Waals surface area contributed by atoms with E-state index in [1.165, 1.54) is 0 Å². The highest BCUT2D eigenvalue weighted by molar-refractivity contribution is 5.80. The number of carboxylic acids is 1. The number of nitrogens with zero attached hydrogens (tertiary/aromatic N) is 1. The summed E-state index contributed by atoms with van der Waals surface area (Å²) in [5, 5.41) is 9.02. The number of likely N-dealkylation sites (tertiary alicyclic amines) is 1. The molecule has 0 bridgehead atoms. The van der Waals surface area contributed by atoms with E-state index in [9.17, 15) is 9.59 Å². The summed E-state index contributed by atoms with van der Waals surface area (Å²) in [5.74, 6) is -1.16. The minimum absolute atomic E-state index is 0.00727. The van der Waals surface area contributed by atoms with Gasteiger partial charge in [-0.3, -0.25) is 9.59 Å². The second kappa shape index (κ2) is 5.04. The van der Waals surface area contributed by atoms with Gasteiger partial charge >= 0.3 is 5.97 Å². The van der Waals surface area contributed by atoms with Crippen molar-refractivity contribution < 1.29 is 19.4 Å². The molecule has 1 N–H and O–H groups in total. The highest BCUT2D eigenvalue weighted by Gasteiger charge is 2.36. The van der Waals surface area contributed by atoms with Crippen molar-refractivity contribution in [2.24, 2.45) is 5.92 Å². The van der Waals surface area contributed by atoms with E-state index >= 15 is 0 Å². The molecule has 3 unspecified atom stereocenters. The molecule has 17 heavy (non-hydrogen) atoms. The second-order valence-corrected chi connectivity index (χ2v) is 4.91. The molecule has 0 aromatic carbocycles. The molecule has 3 atom stereocenters. The normalized spacial score (nSPS) is 31.6. The Kier molecular flexibility index (Phi) is 3.66. The first-order chi connectivity index (χ1) is 8.09. The van der Waals surface area contributed by atoms with Crippen LogP contribution in [0, 0.1) is 5.92 Å². The van der Waals surface area contributed by atoms with Crippen LogP contribution in [-0.2, 0) is 14.3 Å². The number of carbonyl (C=O) groups excluding carboxylic acids is 1. The maximum absolute atomic E-state index is 11.8. The molecule has 2 aliphatic heterocycles. The minimum Gasteiger partial charge on any atom is -0.481 e. The lowest BCUT2D eigenvalue weighted by Gasteiger charge is -2.37. The predicted molar refractivity (Wildman–Crippen MR) is 60.5 cm³/mol. The number of ether oxygens (including phenoxy) is 1. The molecule has 0 radical (unpaired) electrons. The largest absolute Gasteiger partial charge is 0.481 e. The Morgan fingerprint density at radius 3 is 2.88 bits per heavy atom. The van der Waals surface area contributed by atoms with E-state index in [1.807, 2.05) is 6.92 Å². The third-order valence-electron chi connectivity index (χ3n) is 3.79. The smallest absolute Gasteiger partial charge is 0.308 e. The van der Waals surface area contributed by atoms with E-state index in [4.69, 9.17) is 9.84 Å². The third kappa shape index (κ3) is 2.60. The van der Waals surface area contributed by atoms with Gasteiger partial charge < -0.3 is 14.7 Å². The molecule has 0 saturated carbocycles. The fourth-order valence-corrected chi connectivity index (χ4v) is 2.65. The Morgan fingerprint density at radius 1 is 1.53 bits per heavy atom. The van der Waals surface area contributed by atoms with Crippen LogP contribution in [0.2, 0.25) is 0 Å². The van der Waals surface area contributed by atoms with Crippen LogP contribution >= 0.6 is 0 Å². The van der Waals surface area contributed by atoms with Crippen molar-refractivity contribution in [1.29, 1.82) is 0 Å². The van der Waals surface area contributed by atoms with E-state index in [0.29, 0.717) is 19.4 Å². The summed E-state index contributed by atoms with van der Waals surface area (Å²) in [6.07, 6.45) is 2.87. The van der Waals surface area contributed by atoms with Gasteiger partial charge in [0, 0.05) is 19.6 Å². The summed E-state index contributed by atoms with van der Waals surface area (Å²) >= 11 is 0. The minimum atomic E-state index is -0.804. The molecule has 0 spiro atoms. The molecule has 0 aromatic heterocycles. The zero-order chi connectivity index (χ0) is 12.4. The summed E-state index contributed by atoms with van der Waals surface area (Å²) in [5.41, 5.74) is 0. The second-order valence-electron chi connectivity index (χ2n) is 4.91. The lowest BCUT2D eigenvalue weighted by Crippen LogP contribution is -2.51. The monoisotopic (exact) mass is 241 g/mol. The van der Waals surface area contributed by atoms with Crippen LogP contribution in [-0.4, -0.2) is 47.2 Å². The number of hydrogen-bond donors (Lipinski definition) is 1. The Morgan fingerprint density at radius 2 is 2.29 bits per heavy atom. The van der Waals surface area contributed by atoms with Crippen molar-refractivity contribution in [1.82, 2.24) is 4.90 Å². The summed E-state index contributed by atoms with van der Waals surface area (Å²) in [6, 6.07) is -0.00727. The van der Waals surface area contributed by atoms with Crippen molar-refractivity contribution in [2.75, 3.05) is 13.2 Å². The molecule has 5 nitrogen and oxygen atoms in total. The number of carbonyl (C=O) groups is 2. The van der Waals surface area contributed by atoms with Gasteiger partial charge in [-0.15, -0.1) is 0 Å². The van der Waals surface area contributed by atoms with E-state index in [2.05, 4.69) is 0 Å². The van der Waals surface area contributed by atoms with Gasteiger partial charge in [0.05, 0.1) is 18.1 Å². The SMILES string of the molecule is CC(C1CCCO1)N1CC(C(=O)O)CCC1=O. The predicted octanol–water partition coefficient (Wildman–Crippen LogP) is 0.877. The van der Waals surface area contributed by atoms with E-state index in [-0.39, 0.29) is 18.1 Å². The third-order valence-corrected chi connectivity index (χ3v) is 3.79. The van der Waals surface area contributed by atoms with Crippen molar-refractivity contribution >= 4 is 11.9 Å². The van der Waals surface area contributed by atoms with Gasteiger partial charge in [-0.05, 0) is 26.2 Å². The van der Waals surface area contributed by atoms with E-state index in [0.717, 1.165) is 19.4 Å². The topological polar surface area (TPSA) is 66.8 Å². The number of hydrogen-bond acceptors (Lipinski definition) is 3. The highest BCUT2D eigenvalue weighted by atomic mass is 16.5. The zero-order valence-corrected chi connectivity index (χ0v) is 10.1. The van der Waals surface area contributed by atoms with Crippen LogP contribution in [0.1, 0.15) is 32.6 Å². The lowest BCUT2D eigenvalue weighted by atomic mass is 9.95. The van der Waals surface area contributed by atoms with Gasteiger partial charge in [0.25, 0.3) is 0 Å². The van der Waals surface area contributed by atoms with Crippen LogP contribution < -0.4 is 0 Å². The first-order valence-corrected chi connectivity index (χ1v) is 6.23. The van der Waals surface area contributed by atoms with Crippen LogP contribution in [0.25, 0.3) is 0 Å². The average molecular weight is 241 g/mol. The Hall–Kier alpha value is -1.10. The first-order valence-electron chi connectivity index (χ1n) is 6.23. The quantitative estimate of drug-likeness (QED) is 0.796. The fourth-order valence-electron chi connectivity index (χ4n) is 2.65. The molecule has 2 saturated heterocycles. The number of amides is 1. The molecular weight excluding hydrogens is 222 g/mol. The fraction of sp³-hybridized carbons (Fsp3) is 0.833. The van der Waals surface area contributed by atoms with E-state index in [1.54, 1.807) is 4.90 Å². The Labute approximate surface area is 101 Å². The van der Waals surface area contributed by atoms with Gasteiger partial charge in [0.15, 0.2) is 0 Å². The Balaban J connectivity index is 2.01. The maximum atomic E-state index is 11.8. The maximum Gasteiger partial charge on any atom is 0.308 e. The molecule has 2 aliphatic rings. The van der Waals surface area contributed by atoms with Crippen LogP contribution in [0.15, 0.2) is 0 Å². The summed E-state index contributed by atoms with van der Waals surface area (Å²) in [6.45, 7) is 3.03. The zero-order valence-electron chi connectivity index (χ0n) is 10.1. The molecular formula is C12H19NO4. The molecule has 0 aliphatic carbocycles. The Bertz CT molecular complexity index is 312. The summed E-state index contributed by atoms with van der Waals surface area (Å²) < 4.78 is 5.57. The highest BCUT2D eigenvalue weighted by Crippen LogP contribution is 2.25. The van der Waals surface area contributed by atoms with Gasteiger partial charge in [0.1, 0.15) is 0 Å².